The van der Waals surface area contributed by atoms with Gasteiger partial charge in [-0.2, -0.15) is 5.26 Å². The minimum Gasteiger partial charge on any atom is -0.337 e. The first-order valence-corrected chi connectivity index (χ1v) is 6.37. The van der Waals surface area contributed by atoms with Crippen molar-refractivity contribution >= 4 is 17.4 Å². The molecule has 1 rings (SSSR count). The molecule has 0 saturated carbocycles. The maximum atomic E-state index is 12.2. The summed E-state index contributed by atoms with van der Waals surface area (Å²) < 4.78 is 3.84. The van der Waals surface area contributed by atoms with Gasteiger partial charge >= 0.3 is 0 Å². The van der Waals surface area contributed by atoms with Crippen molar-refractivity contribution < 1.29 is 4.79 Å². The number of nitrogens with zero attached hydrogens (tertiary/aromatic N) is 4. The predicted molar refractivity (Wildman–Crippen MR) is 65.8 cm³/mol. The van der Waals surface area contributed by atoms with E-state index in [2.05, 4.69) is 9.59 Å². The van der Waals surface area contributed by atoms with Crippen molar-refractivity contribution in [1.82, 2.24) is 14.5 Å². The van der Waals surface area contributed by atoms with E-state index in [4.69, 9.17) is 5.26 Å². The summed E-state index contributed by atoms with van der Waals surface area (Å²) in [5.41, 5.74) is 0.746. The second kappa shape index (κ2) is 6.30. The van der Waals surface area contributed by atoms with Crippen LogP contribution in [0.3, 0.4) is 0 Å². The highest BCUT2D eigenvalue weighted by molar-refractivity contribution is 7.08. The maximum Gasteiger partial charge on any atom is 0.267 e. The first-order valence-electron chi connectivity index (χ1n) is 5.60. The highest BCUT2D eigenvalue weighted by Crippen LogP contribution is 2.21. The van der Waals surface area contributed by atoms with Crippen molar-refractivity contribution in [3.05, 3.63) is 10.6 Å². The molecule has 1 heterocycles. The van der Waals surface area contributed by atoms with Crippen LogP contribution in [0.15, 0.2) is 0 Å². The Hall–Kier alpha value is -1.48. The maximum absolute atomic E-state index is 12.2. The lowest BCUT2D eigenvalue weighted by Crippen LogP contribution is -2.31. The monoisotopic (exact) mass is 252 g/mol. The molecule has 1 aromatic heterocycles. The fourth-order valence-corrected chi connectivity index (χ4v) is 2.24. The van der Waals surface area contributed by atoms with Crippen LogP contribution < -0.4 is 0 Å². The number of aromatic nitrogens is 2. The van der Waals surface area contributed by atoms with Crippen LogP contribution >= 0.6 is 11.5 Å². The van der Waals surface area contributed by atoms with Gasteiger partial charge in [0.1, 0.15) is 4.88 Å². The Morgan fingerprint density at radius 3 is 2.82 bits per heavy atom. The van der Waals surface area contributed by atoms with Crippen LogP contribution in [0, 0.1) is 11.3 Å². The van der Waals surface area contributed by atoms with E-state index in [1.54, 1.807) is 4.90 Å². The van der Waals surface area contributed by atoms with E-state index < -0.39 is 0 Å². The largest absolute Gasteiger partial charge is 0.337 e. The van der Waals surface area contributed by atoms with E-state index >= 15 is 0 Å². The molecule has 0 aliphatic rings. The van der Waals surface area contributed by atoms with E-state index in [0.717, 1.165) is 17.2 Å². The number of amides is 1. The Morgan fingerprint density at radius 2 is 2.29 bits per heavy atom. The number of carbonyl (C=O) groups is 1. The number of hydrogen-bond donors (Lipinski definition) is 0. The summed E-state index contributed by atoms with van der Waals surface area (Å²) in [7, 11) is 0. The van der Waals surface area contributed by atoms with Crippen LogP contribution in [0.1, 0.15) is 48.5 Å². The summed E-state index contributed by atoms with van der Waals surface area (Å²) in [5.74, 6) is 0.115. The zero-order chi connectivity index (χ0) is 12.8. The molecule has 17 heavy (non-hydrogen) atoms. The van der Waals surface area contributed by atoms with Gasteiger partial charge in [0.25, 0.3) is 5.91 Å². The fraction of sp³-hybridized carbons (Fsp3) is 0.636. The molecular weight excluding hydrogens is 236 g/mol. The normalized spacial score (nSPS) is 10.3. The van der Waals surface area contributed by atoms with Gasteiger partial charge in [0.15, 0.2) is 0 Å². The Bertz CT molecular complexity index is 421. The van der Waals surface area contributed by atoms with Gasteiger partial charge in [-0.15, -0.1) is 5.10 Å². The van der Waals surface area contributed by atoms with E-state index in [1.807, 2.05) is 26.8 Å². The summed E-state index contributed by atoms with van der Waals surface area (Å²) >= 11 is 1.13. The van der Waals surface area contributed by atoms with Gasteiger partial charge in [-0.3, -0.25) is 4.79 Å². The highest BCUT2D eigenvalue weighted by Gasteiger charge is 2.22. The number of nitriles is 1. The minimum atomic E-state index is -0.0681. The second-order valence-electron chi connectivity index (χ2n) is 3.93. The fourth-order valence-electron chi connectivity index (χ4n) is 1.46. The van der Waals surface area contributed by atoms with Crippen LogP contribution in [0.5, 0.6) is 0 Å². The lowest BCUT2D eigenvalue weighted by Gasteiger charge is -2.19. The molecule has 0 aliphatic heterocycles. The van der Waals surface area contributed by atoms with Gasteiger partial charge in [-0.25, -0.2) is 0 Å². The molecule has 5 nitrogen and oxygen atoms in total. The average Bonchev–Trinajstić information content (AvgIpc) is 2.78. The molecule has 0 atom stereocenters. The number of rotatable bonds is 5. The Labute approximate surface area is 105 Å². The zero-order valence-corrected chi connectivity index (χ0v) is 11.1. The summed E-state index contributed by atoms with van der Waals surface area (Å²) in [6.45, 7) is 6.92. The summed E-state index contributed by atoms with van der Waals surface area (Å²) in [4.78, 5) is 14.5. The predicted octanol–water partition coefficient (Wildman–Crippen LogP) is 2.04. The number of carbonyl (C=O) groups excluding carboxylic acids is 1. The highest BCUT2D eigenvalue weighted by atomic mass is 32.1. The molecule has 0 saturated heterocycles. The second-order valence-corrected chi connectivity index (χ2v) is 4.69. The van der Waals surface area contributed by atoms with Gasteiger partial charge in [0.2, 0.25) is 0 Å². The minimum absolute atomic E-state index is 0.0681. The average molecular weight is 252 g/mol. The molecule has 0 bridgehead atoms. The van der Waals surface area contributed by atoms with Crippen LogP contribution in [-0.2, 0) is 0 Å². The Balaban J connectivity index is 2.87. The van der Waals surface area contributed by atoms with E-state index in [1.165, 1.54) is 0 Å². The SMILES string of the molecule is CCN(CCC#N)C(=O)c1snnc1C(C)C. The molecule has 0 radical (unpaired) electrons. The van der Waals surface area contributed by atoms with Gasteiger partial charge in [-0.05, 0) is 24.4 Å². The van der Waals surface area contributed by atoms with E-state index in [0.29, 0.717) is 24.4 Å². The molecule has 0 N–H and O–H groups in total. The first-order chi connectivity index (χ1) is 8.11. The van der Waals surface area contributed by atoms with Crippen molar-refractivity contribution in [2.45, 2.75) is 33.1 Å². The standard InChI is InChI=1S/C11H16N4OS/c1-4-15(7-5-6-12)11(16)10-9(8(2)3)13-14-17-10/h8H,4-5,7H2,1-3H3. The Kier molecular flexibility index (Phi) is 5.04. The Morgan fingerprint density at radius 1 is 1.59 bits per heavy atom. The van der Waals surface area contributed by atoms with Crippen molar-refractivity contribution in [2.24, 2.45) is 0 Å². The van der Waals surface area contributed by atoms with Gasteiger partial charge in [0, 0.05) is 13.1 Å². The smallest absolute Gasteiger partial charge is 0.267 e. The molecule has 1 aromatic rings. The third kappa shape index (κ3) is 3.24. The van der Waals surface area contributed by atoms with Crippen molar-refractivity contribution in [2.75, 3.05) is 13.1 Å². The van der Waals surface area contributed by atoms with Crippen molar-refractivity contribution in [1.29, 1.82) is 5.26 Å². The molecular formula is C11H16N4OS. The van der Waals surface area contributed by atoms with E-state index in [-0.39, 0.29) is 11.8 Å². The van der Waals surface area contributed by atoms with Crippen LogP contribution in [-0.4, -0.2) is 33.5 Å². The lowest BCUT2D eigenvalue weighted by atomic mass is 10.1. The van der Waals surface area contributed by atoms with E-state index in [9.17, 15) is 4.79 Å². The summed E-state index contributed by atoms with van der Waals surface area (Å²) in [6, 6.07) is 2.05. The molecule has 0 unspecified atom stereocenters. The van der Waals surface area contributed by atoms with Crippen LogP contribution in [0.4, 0.5) is 0 Å². The molecule has 0 aromatic carbocycles. The lowest BCUT2D eigenvalue weighted by molar-refractivity contribution is 0.0771. The third-order valence-corrected chi connectivity index (χ3v) is 3.15. The summed E-state index contributed by atoms with van der Waals surface area (Å²) in [6.07, 6.45) is 0.350. The number of hydrogen-bond acceptors (Lipinski definition) is 5. The zero-order valence-electron chi connectivity index (χ0n) is 10.3. The molecule has 0 spiro atoms. The third-order valence-electron chi connectivity index (χ3n) is 2.42. The summed E-state index contributed by atoms with van der Waals surface area (Å²) in [5, 5.41) is 12.5. The van der Waals surface area contributed by atoms with Crippen molar-refractivity contribution in [3.63, 3.8) is 0 Å². The molecule has 6 heteroatoms. The molecule has 0 aliphatic carbocycles. The van der Waals surface area contributed by atoms with Gasteiger partial charge in [-0.1, -0.05) is 18.3 Å². The molecule has 1 amide bonds. The van der Waals surface area contributed by atoms with Crippen LogP contribution in [0.25, 0.3) is 0 Å². The van der Waals surface area contributed by atoms with Crippen molar-refractivity contribution in [3.8, 4) is 6.07 Å². The van der Waals surface area contributed by atoms with Gasteiger partial charge < -0.3 is 4.90 Å². The molecule has 92 valence electrons. The van der Waals surface area contributed by atoms with Crippen LogP contribution in [0.2, 0.25) is 0 Å². The topological polar surface area (TPSA) is 69.9 Å². The van der Waals surface area contributed by atoms with Gasteiger partial charge in [0.05, 0.1) is 18.2 Å². The first kappa shape index (κ1) is 13.6. The quantitative estimate of drug-likeness (QED) is 0.804. The molecule has 0 fully saturated rings.